The molecule has 0 aliphatic carbocycles. The molecule has 0 saturated heterocycles. The zero-order valence-corrected chi connectivity index (χ0v) is 7.70. The number of hydrogen-bond acceptors (Lipinski definition) is 1. The summed E-state index contributed by atoms with van der Waals surface area (Å²) in [5, 5.41) is 0. The summed E-state index contributed by atoms with van der Waals surface area (Å²) < 4.78 is 36.4. The van der Waals surface area contributed by atoms with Crippen molar-refractivity contribution in [3.63, 3.8) is 0 Å². The van der Waals surface area contributed by atoms with Gasteiger partial charge in [0.25, 0.3) is 0 Å². The molecule has 1 rings (SSSR count). The average Bonchev–Trinajstić information content (AvgIpc) is 1.82. The molecular formula is C7H5BrF3N. The molecule has 1 aromatic heterocycles. The van der Waals surface area contributed by atoms with Gasteiger partial charge >= 0.3 is 6.18 Å². The maximum atomic E-state index is 12.1. The molecule has 66 valence electrons. The minimum absolute atomic E-state index is 0.204. The van der Waals surface area contributed by atoms with E-state index in [-0.39, 0.29) is 4.60 Å². The average molecular weight is 240 g/mol. The Kier molecular flexibility index (Phi) is 2.41. The van der Waals surface area contributed by atoms with Crippen molar-refractivity contribution >= 4 is 15.9 Å². The predicted octanol–water partition coefficient (Wildman–Crippen LogP) is 3.17. The maximum Gasteiger partial charge on any atom is 0.433 e. The van der Waals surface area contributed by atoms with Crippen LogP contribution in [0.25, 0.3) is 0 Å². The molecule has 1 nitrogen and oxygen atoms in total. The highest BCUT2D eigenvalue weighted by Gasteiger charge is 2.32. The van der Waals surface area contributed by atoms with Gasteiger partial charge in [-0.1, -0.05) is 0 Å². The van der Waals surface area contributed by atoms with Gasteiger partial charge in [-0.25, -0.2) is 4.98 Å². The number of halogens is 4. The number of aryl methyl sites for hydroxylation is 1. The summed E-state index contributed by atoms with van der Waals surface area (Å²) in [7, 11) is 0. The standard InChI is InChI=1S/C7H5BrF3N/c1-4-2-5(7(9,10)11)12-6(8)3-4/h2-3H,1H3. The SMILES string of the molecule is Cc1cc(Br)nc(C(F)(F)F)c1. The third-order valence-corrected chi connectivity index (χ3v) is 1.64. The molecule has 0 fully saturated rings. The topological polar surface area (TPSA) is 12.9 Å². The van der Waals surface area contributed by atoms with Crippen LogP contribution in [0.1, 0.15) is 11.3 Å². The largest absolute Gasteiger partial charge is 0.433 e. The molecule has 0 aliphatic heterocycles. The van der Waals surface area contributed by atoms with E-state index in [1.54, 1.807) is 6.92 Å². The van der Waals surface area contributed by atoms with Crippen molar-refractivity contribution in [3.8, 4) is 0 Å². The van der Waals surface area contributed by atoms with Gasteiger partial charge in [0.05, 0.1) is 0 Å². The number of nitrogens with zero attached hydrogens (tertiary/aromatic N) is 1. The fraction of sp³-hybridized carbons (Fsp3) is 0.286. The quantitative estimate of drug-likeness (QED) is 0.634. The van der Waals surface area contributed by atoms with Gasteiger partial charge in [-0.3, -0.25) is 0 Å². The first kappa shape index (κ1) is 9.51. The summed E-state index contributed by atoms with van der Waals surface area (Å²) in [5.74, 6) is 0. The zero-order chi connectivity index (χ0) is 9.35. The molecule has 0 aliphatic rings. The fourth-order valence-corrected chi connectivity index (χ4v) is 1.32. The molecule has 0 spiro atoms. The number of hydrogen-bond donors (Lipinski definition) is 0. The van der Waals surface area contributed by atoms with Crippen LogP contribution in [-0.4, -0.2) is 4.98 Å². The third-order valence-electron chi connectivity index (χ3n) is 1.23. The summed E-state index contributed by atoms with van der Waals surface area (Å²) >= 11 is 2.89. The summed E-state index contributed by atoms with van der Waals surface area (Å²) in [5.41, 5.74) is -0.335. The Morgan fingerprint density at radius 1 is 1.33 bits per heavy atom. The fourth-order valence-electron chi connectivity index (χ4n) is 0.770. The molecule has 0 atom stereocenters. The molecule has 0 saturated carbocycles. The van der Waals surface area contributed by atoms with Gasteiger partial charge in [0.2, 0.25) is 0 Å². The summed E-state index contributed by atoms with van der Waals surface area (Å²) in [6.45, 7) is 1.58. The lowest BCUT2D eigenvalue weighted by Crippen LogP contribution is -2.08. The van der Waals surface area contributed by atoms with E-state index in [9.17, 15) is 13.2 Å². The maximum absolute atomic E-state index is 12.1. The van der Waals surface area contributed by atoms with Crippen molar-refractivity contribution in [1.29, 1.82) is 0 Å². The Morgan fingerprint density at radius 3 is 2.33 bits per heavy atom. The second kappa shape index (κ2) is 3.05. The van der Waals surface area contributed by atoms with Gasteiger partial charge in [0.1, 0.15) is 10.3 Å². The van der Waals surface area contributed by atoms with E-state index in [0.717, 1.165) is 6.07 Å². The summed E-state index contributed by atoms with van der Waals surface area (Å²) in [4.78, 5) is 3.30. The van der Waals surface area contributed by atoms with Gasteiger partial charge in [-0.2, -0.15) is 13.2 Å². The molecule has 0 unspecified atom stereocenters. The smallest absolute Gasteiger partial charge is 0.236 e. The lowest BCUT2D eigenvalue weighted by molar-refractivity contribution is -0.141. The second-order valence-corrected chi connectivity index (χ2v) is 3.16. The van der Waals surface area contributed by atoms with E-state index in [1.165, 1.54) is 6.07 Å². The molecular weight excluding hydrogens is 235 g/mol. The van der Waals surface area contributed by atoms with Gasteiger partial charge < -0.3 is 0 Å². The minimum Gasteiger partial charge on any atom is -0.236 e. The lowest BCUT2D eigenvalue weighted by Gasteiger charge is -2.06. The highest BCUT2D eigenvalue weighted by molar-refractivity contribution is 9.10. The van der Waals surface area contributed by atoms with Crippen molar-refractivity contribution in [2.45, 2.75) is 13.1 Å². The predicted molar refractivity (Wildman–Crippen MR) is 41.7 cm³/mol. The zero-order valence-electron chi connectivity index (χ0n) is 6.11. The summed E-state index contributed by atoms with van der Waals surface area (Å²) in [6.07, 6.45) is -4.37. The van der Waals surface area contributed by atoms with Crippen LogP contribution in [-0.2, 0) is 6.18 Å². The van der Waals surface area contributed by atoms with Crippen molar-refractivity contribution in [3.05, 3.63) is 28.0 Å². The Balaban J connectivity index is 3.18. The van der Waals surface area contributed by atoms with Crippen LogP contribution in [0, 0.1) is 6.92 Å². The highest BCUT2D eigenvalue weighted by atomic mass is 79.9. The Labute approximate surface area is 75.7 Å². The summed E-state index contributed by atoms with van der Waals surface area (Å²) in [6, 6.07) is 2.53. The van der Waals surface area contributed by atoms with Crippen molar-refractivity contribution < 1.29 is 13.2 Å². The normalized spacial score (nSPS) is 11.8. The van der Waals surface area contributed by atoms with E-state index in [4.69, 9.17) is 0 Å². The lowest BCUT2D eigenvalue weighted by atomic mass is 10.2. The van der Waals surface area contributed by atoms with Crippen LogP contribution in [0.15, 0.2) is 16.7 Å². The van der Waals surface area contributed by atoms with Crippen molar-refractivity contribution in [2.24, 2.45) is 0 Å². The molecule has 0 aromatic carbocycles. The van der Waals surface area contributed by atoms with Crippen LogP contribution in [0.3, 0.4) is 0 Å². The number of alkyl halides is 3. The van der Waals surface area contributed by atoms with Crippen LogP contribution in [0.5, 0.6) is 0 Å². The van der Waals surface area contributed by atoms with E-state index in [1.807, 2.05) is 0 Å². The Hall–Kier alpha value is -0.580. The van der Waals surface area contributed by atoms with Crippen LogP contribution in [0.2, 0.25) is 0 Å². The van der Waals surface area contributed by atoms with Crippen LogP contribution in [0.4, 0.5) is 13.2 Å². The molecule has 1 heterocycles. The monoisotopic (exact) mass is 239 g/mol. The molecule has 0 amide bonds. The van der Waals surface area contributed by atoms with E-state index in [0.29, 0.717) is 5.56 Å². The van der Waals surface area contributed by atoms with Crippen molar-refractivity contribution in [1.82, 2.24) is 4.98 Å². The van der Waals surface area contributed by atoms with Gasteiger partial charge in [-0.15, -0.1) is 0 Å². The second-order valence-electron chi connectivity index (χ2n) is 2.35. The Bertz CT molecular complexity index is 275. The number of pyridine rings is 1. The molecule has 12 heavy (non-hydrogen) atoms. The van der Waals surface area contributed by atoms with E-state index in [2.05, 4.69) is 20.9 Å². The molecule has 0 radical (unpaired) electrons. The first-order chi connectivity index (χ1) is 5.39. The first-order valence-corrected chi connectivity index (χ1v) is 3.90. The molecule has 0 bridgehead atoms. The molecule has 5 heteroatoms. The van der Waals surface area contributed by atoms with E-state index < -0.39 is 11.9 Å². The Morgan fingerprint density at radius 2 is 1.92 bits per heavy atom. The van der Waals surface area contributed by atoms with Gasteiger partial charge in [-0.05, 0) is 40.5 Å². The van der Waals surface area contributed by atoms with Gasteiger partial charge in [0, 0.05) is 0 Å². The van der Waals surface area contributed by atoms with Gasteiger partial charge in [0.15, 0.2) is 0 Å². The van der Waals surface area contributed by atoms with Crippen molar-refractivity contribution in [2.75, 3.05) is 0 Å². The highest BCUT2D eigenvalue weighted by Crippen LogP contribution is 2.29. The molecule has 0 N–H and O–H groups in total. The first-order valence-electron chi connectivity index (χ1n) is 3.11. The van der Waals surface area contributed by atoms with Crippen LogP contribution < -0.4 is 0 Å². The molecule has 1 aromatic rings. The minimum atomic E-state index is -4.37. The number of aromatic nitrogens is 1. The van der Waals surface area contributed by atoms with E-state index >= 15 is 0 Å². The number of rotatable bonds is 0. The van der Waals surface area contributed by atoms with Crippen LogP contribution >= 0.6 is 15.9 Å². The third kappa shape index (κ3) is 2.20.